The number of nitrogen functional groups attached to an aromatic ring is 1. The molecular formula is C15H13N3O2S2. The van der Waals surface area contributed by atoms with E-state index in [2.05, 4.69) is 9.71 Å². The predicted octanol–water partition coefficient (Wildman–Crippen LogP) is 3.19. The minimum atomic E-state index is -3.62. The van der Waals surface area contributed by atoms with Crippen LogP contribution in [0.3, 0.4) is 0 Å². The SMILES string of the molecule is Nc1cccc(-c2csc(NS(=O)(=O)c3ccccc3)n2)c1. The zero-order valence-corrected chi connectivity index (χ0v) is 13.1. The topological polar surface area (TPSA) is 85.1 Å². The van der Waals surface area contributed by atoms with Crippen LogP contribution >= 0.6 is 11.3 Å². The summed E-state index contributed by atoms with van der Waals surface area (Å²) in [6.07, 6.45) is 0. The summed E-state index contributed by atoms with van der Waals surface area (Å²) in [5, 5.41) is 2.11. The fraction of sp³-hybridized carbons (Fsp3) is 0. The number of sulfonamides is 1. The van der Waals surface area contributed by atoms with Crippen molar-refractivity contribution in [3.05, 3.63) is 60.0 Å². The van der Waals surface area contributed by atoms with Gasteiger partial charge in [-0.2, -0.15) is 0 Å². The van der Waals surface area contributed by atoms with Crippen LogP contribution in [0.15, 0.2) is 64.9 Å². The second-order valence-corrected chi connectivity index (χ2v) is 7.12. The summed E-state index contributed by atoms with van der Waals surface area (Å²) >= 11 is 1.23. The van der Waals surface area contributed by atoms with Gasteiger partial charge in [0.05, 0.1) is 10.6 Å². The molecule has 0 radical (unpaired) electrons. The van der Waals surface area contributed by atoms with E-state index in [1.165, 1.54) is 23.5 Å². The molecule has 2 aromatic carbocycles. The highest BCUT2D eigenvalue weighted by Gasteiger charge is 2.15. The minimum absolute atomic E-state index is 0.204. The zero-order chi connectivity index (χ0) is 15.6. The van der Waals surface area contributed by atoms with Crippen LogP contribution < -0.4 is 10.5 Å². The van der Waals surface area contributed by atoms with E-state index in [9.17, 15) is 8.42 Å². The summed E-state index contributed by atoms with van der Waals surface area (Å²) in [6, 6.07) is 15.5. The third-order valence-electron chi connectivity index (χ3n) is 2.96. The fourth-order valence-corrected chi connectivity index (χ4v) is 3.92. The molecular weight excluding hydrogens is 318 g/mol. The van der Waals surface area contributed by atoms with Crippen LogP contribution in [0.25, 0.3) is 11.3 Å². The van der Waals surface area contributed by atoms with E-state index in [1.807, 2.05) is 12.1 Å². The molecule has 1 heterocycles. The van der Waals surface area contributed by atoms with Crippen LogP contribution in [0.5, 0.6) is 0 Å². The lowest BCUT2D eigenvalue weighted by Crippen LogP contribution is -2.12. The molecule has 0 fully saturated rings. The van der Waals surface area contributed by atoms with Crippen molar-refractivity contribution in [3.63, 3.8) is 0 Å². The van der Waals surface area contributed by atoms with Crippen molar-refractivity contribution in [1.82, 2.24) is 4.98 Å². The van der Waals surface area contributed by atoms with Gasteiger partial charge in [-0.05, 0) is 24.3 Å². The number of nitrogens with zero attached hydrogens (tertiary/aromatic N) is 1. The van der Waals surface area contributed by atoms with Crippen molar-refractivity contribution in [2.75, 3.05) is 10.5 Å². The highest BCUT2D eigenvalue weighted by atomic mass is 32.2. The molecule has 0 aliphatic rings. The first-order valence-corrected chi connectivity index (χ1v) is 8.80. The van der Waals surface area contributed by atoms with Crippen LogP contribution in [0.2, 0.25) is 0 Å². The first-order chi connectivity index (χ1) is 10.5. The van der Waals surface area contributed by atoms with E-state index in [0.29, 0.717) is 16.5 Å². The maximum absolute atomic E-state index is 12.2. The lowest BCUT2D eigenvalue weighted by molar-refractivity contribution is 0.601. The van der Waals surface area contributed by atoms with Crippen LogP contribution in [-0.2, 0) is 10.0 Å². The molecule has 0 saturated heterocycles. The first-order valence-electron chi connectivity index (χ1n) is 6.44. The molecule has 1 aromatic heterocycles. The molecule has 3 N–H and O–H groups in total. The summed E-state index contributed by atoms with van der Waals surface area (Å²) < 4.78 is 27.0. The predicted molar refractivity (Wildman–Crippen MR) is 89.2 cm³/mol. The Balaban J connectivity index is 1.86. The monoisotopic (exact) mass is 331 g/mol. The van der Waals surface area contributed by atoms with Gasteiger partial charge in [-0.1, -0.05) is 30.3 Å². The third-order valence-corrected chi connectivity index (χ3v) is 5.20. The quantitative estimate of drug-likeness (QED) is 0.719. The molecule has 0 aliphatic carbocycles. The van der Waals surface area contributed by atoms with Gasteiger partial charge in [0.25, 0.3) is 10.0 Å². The number of thiazole rings is 1. The van der Waals surface area contributed by atoms with Crippen LogP contribution in [0.4, 0.5) is 10.8 Å². The van der Waals surface area contributed by atoms with Gasteiger partial charge in [-0.25, -0.2) is 13.4 Å². The van der Waals surface area contributed by atoms with Crippen molar-refractivity contribution >= 4 is 32.2 Å². The first kappa shape index (κ1) is 14.6. The van der Waals surface area contributed by atoms with E-state index in [-0.39, 0.29) is 4.90 Å². The Bertz CT molecular complexity index is 890. The molecule has 112 valence electrons. The lowest BCUT2D eigenvalue weighted by atomic mass is 10.1. The molecule has 0 amide bonds. The van der Waals surface area contributed by atoms with Gasteiger partial charge >= 0.3 is 0 Å². The number of benzene rings is 2. The normalized spacial score (nSPS) is 11.3. The molecule has 0 spiro atoms. The maximum atomic E-state index is 12.2. The Morgan fingerprint density at radius 2 is 1.82 bits per heavy atom. The molecule has 0 unspecified atom stereocenters. The molecule has 3 aromatic rings. The number of aromatic nitrogens is 1. The van der Waals surface area contributed by atoms with Crippen LogP contribution in [-0.4, -0.2) is 13.4 Å². The summed E-state index contributed by atoms with van der Waals surface area (Å²) in [5.41, 5.74) is 7.91. The van der Waals surface area contributed by atoms with Crippen molar-refractivity contribution < 1.29 is 8.42 Å². The van der Waals surface area contributed by atoms with Crippen LogP contribution in [0.1, 0.15) is 0 Å². The Labute approximate surface area is 132 Å². The molecule has 22 heavy (non-hydrogen) atoms. The molecule has 0 atom stereocenters. The van der Waals surface area contributed by atoms with Gasteiger partial charge in [0.1, 0.15) is 0 Å². The van der Waals surface area contributed by atoms with Crippen molar-refractivity contribution in [3.8, 4) is 11.3 Å². The van der Waals surface area contributed by atoms with E-state index in [4.69, 9.17) is 5.73 Å². The Morgan fingerprint density at radius 1 is 1.05 bits per heavy atom. The number of hydrogen-bond acceptors (Lipinski definition) is 5. The Morgan fingerprint density at radius 3 is 2.55 bits per heavy atom. The summed E-state index contributed by atoms with van der Waals surface area (Å²) in [5.74, 6) is 0. The number of nitrogens with one attached hydrogen (secondary N) is 1. The van der Waals surface area contributed by atoms with Crippen molar-refractivity contribution in [2.45, 2.75) is 4.90 Å². The van der Waals surface area contributed by atoms with Gasteiger partial charge < -0.3 is 5.73 Å². The second kappa shape index (κ2) is 5.78. The van der Waals surface area contributed by atoms with Gasteiger partial charge in [0.15, 0.2) is 5.13 Å². The average molecular weight is 331 g/mol. The van der Waals surface area contributed by atoms with Crippen molar-refractivity contribution in [2.24, 2.45) is 0 Å². The van der Waals surface area contributed by atoms with Gasteiger partial charge in [-0.3, -0.25) is 4.72 Å². The Kier molecular flexibility index (Phi) is 3.82. The number of rotatable bonds is 4. The van der Waals surface area contributed by atoms with Gasteiger partial charge in [-0.15, -0.1) is 11.3 Å². The van der Waals surface area contributed by atoms with E-state index in [0.717, 1.165) is 5.56 Å². The van der Waals surface area contributed by atoms with Gasteiger partial charge in [0.2, 0.25) is 0 Å². The molecule has 5 nitrogen and oxygen atoms in total. The summed E-state index contributed by atoms with van der Waals surface area (Å²) in [6.45, 7) is 0. The van der Waals surface area contributed by atoms with E-state index in [1.54, 1.807) is 35.7 Å². The average Bonchev–Trinajstić information content (AvgIpc) is 2.96. The van der Waals surface area contributed by atoms with E-state index >= 15 is 0 Å². The molecule has 0 bridgehead atoms. The maximum Gasteiger partial charge on any atom is 0.263 e. The fourth-order valence-electron chi connectivity index (χ4n) is 1.92. The highest BCUT2D eigenvalue weighted by Crippen LogP contribution is 2.27. The molecule has 3 rings (SSSR count). The van der Waals surface area contributed by atoms with Crippen molar-refractivity contribution in [1.29, 1.82) is 0 Å². The van der Waals surface area contributed by atoms with E-state index < -0.39 is 10.0 Å². The number of anilines is 2. The smallest absolute Gasteiger partial charge is 0.263 e. The minimum Gasteiger partial charge on any atom is -0.399 e. The molecule has 7 heteroatoms. The second-order valence-electron chi connectivity index (χ2n) is 4.58. The zero-order valence-electron chi connectivity index (χ0n) is 11.4. The number of hydrogen-bond donors (Lipinski definition) is 2. The third kappa shape index (κ3) is 3.10. The Hall–Kier alpha value is -2.38. The summed E-state index contributed by atoms with van der Waals surface area (Å²) in [7, 11) is -3.62. The largest absolute Gasteiger partial charge is 0.399 e. The standard InChI is InChI=1S/C15H13N3O2S2/c16-12-6-4-5-11(9-12)14-10-21-15(17-14)18-22(19,20)13-7-2-1-3-8-13/h1-10H,16H2,(H,17,18). The molecule has 0 aliphatic heterocycles. The molecule has 0 saturated carbocycles. The highest BCUT2D eigenvalue weighted by molar-refractivity contribution is 7.93. The van der Waals surface area contributed by atoms with Gasteiger partial charge in [0, 0.05) is 16.6 Å². The lowest BCUT2D eigenvalue weighted by Gasteiger charge is -2.04. The van der Waals surface area contributed by atoms with Crippen LogP contribution in [0, 0.1) is 0 Å². The summed E-state index contributed by atoms with van der Waals surface area (Å²) in [4.78, 5) is 4.51. The number of nitrogens with two attached hydrogens (primary N) is 1.